The third-order valence-corrected chi connectivity index (χ3v) is 3.63. The fraction of sp³-hybridized carbons (Fsp3) is 0.158. The zero-order valence-electron chi connectivity index (χ0n) is 14.4. The Bertz CT molecular complexity index is 1070. The van der Waals surface area contributed by atoms with Crippen molar-refractivity contribution in [2.24, 2.45) is 5.73 Å². The second-order valence-electron chi connectivity index (χ2n) is 5.87. The van der Waals surface area contributed by atoms with Gasteiger partial charge in [-0.2, -0.15) is 13.2 Å². The van der Waals surface area contributed by atoms with E-state index in [1.165, 1.54) is 31.2 Å². The molecule has 0 aliphatic heterocycles. The van der Waals surface area contributed by atoms with Gasteiger partial charge >= 0.3 is 12.1 Å². The number of benzene rings is 2. The molecule has 0 bridgehead atoms. The van der Waals surface area contributed by atoms with Crippen LogP contribution >= 0.6 is 0 Å². The van der Waals surface area contributed by atoms with Gasteiger partial charge in [0.15, 0.2) is 0 Å². The van der Waals surface area contributed by atoms with E-state index in [0.29, 0.717) is 0 Å². The molecule has 1 heterocycles. The highest BCUT2D eigenvalue weighted by Crippen LogP contribution is 2.38. The number of ether oxygens (including phenoxy) is 2. The predicted molar refractivity (Wildman–Crippen MR) is 93.3 cm³/mol. The predicted octanol–water partition coefficient (Wildman–Crippen LogP) is 3.86. The van der Waals surface area contributed by atoms with Crippen LogP contribution in [0.1, 0.15) is 12.7 Å². The lowest BCUT2D eigenvalue weighted by Crippen LogP contribution is -2.30. The minimum atomic E-state index is -4.99. The Hall–Kier alpha value is -3.33. The Morgan fingerprint density at radius 1 is 1.11 bits per heavy atom. The molecule has 1 atom stereocenters. The maximum Gasteiger partial charge on any atom is 0.453 e. The number of carbonyl (C=O) groups is 1. The summed E-state index contributed by atoms with van der Waals surface area (Å²) in [4.78, 5) is 24.2. The zero-order valence-corrected chi connectivity index (χ0v) is 14.4. The number of nitrogens with two attached hydrogens (primary N) is 1. The number of hydrogen-bond acceptors (Lipinski definition) is 6. The van der Waals surface area contributed by atoms with E-state index in [9.17, 15) is 22.8 Å². The van der Waals surface area contributed by atoms with Crippen molar-refractivity contribution < 1.29 is 31.9 Å². The summed E-state index contributed by atoms with van der Waals surface area (Å²) >= 11 is 0. The first-order chi connectivity index (χ1) is 13.2. The number of carbonyl (C=O) groups excluding carboxylic acids is 1. The van der Waals surface area contributed by atoms with Gasteiger partial charge in [0.2, 0.25) is 11.2 Å². The van der Waals surface area contributed by atoms with E-state index in [1.54, 1.807) is 18.2 Å². The molecule has 0 saturated heterocycles. The lowest BCUT2D eigenvalue weighted by Gasteiger charge is -2.13. The number of fused-ring (bicyclic) bond motifs is 1. The van der Waals surface area contributed by atoms with Crippen molar-refractivity contribution in [2.75, 3.05) is 0 Å². The first kappa shape index (κ1) is 19.4. The number of rotatable bonds is 4. The van der Waals surface area contributed by atoms with Crippen LogP contribution < -0.4 is 20.6 Å². The summed E-state index contributed by atoms with van der Waals surface area (Å²) in [6, 6.07) is 10.1. The smallest absolute Gasteiger partial charge is 0.449 e. The highest BCUT2D eigenvalue weighted by molar-refractivity contribution is 5.82. The van der Waals surface area contributed by atoms with Crippen LogP contribution in [0, 0.1) is 0 Å². The normalized spacial score (nSPS) is 12.6. The Morgan fingerprint density at radius 2 is 1.79 bits per heavy atom. The van der Waals surface area contributed by atoms with Crippen LogP contribution in [0.3, 0.4) is 0 Å². The van der Waals surface area contributed by atoms with E-state index in [2.05, 4.69) is 0 Å². The zero-order chi connectivity index (χ0) is 20.5. The van der Waals surface area contributed by atoms with Crippen LogP contribution in [0.2, 0.25) is 0 Å². The second kappa shape index (κ2) is 7.35. The van der Waals surface area contributed by atoms with Crippen molar-refractivity contribution in [1.82, 2.24) is 0 Å². The van der Waals surface area contributed by atoms with Crippen LogP contribution in [0.15, 0.2) is 57.7 Å². The molecule has 9 heteroatoms. The Morgan fingerprint density at radius 3 is 2.39 bits per heavy atom. The highest BCUT2D eigenvalue weighted by Gasteiger charge is 2.40. The average Bonchev–Trinajstić information content (AvgIpc) is 2.63. The van der Waals surface area contributed by atoms with E-state index in [0.717, 1.165) is 6.07 Å². The minimum absolute atomic E-state index is 0.0436. The number of hydrogen-bond donors (Lipinski definition) is 1. The molecule has 1 aromatic heterocycles. The molecule has 2 N–H and O–H groups in total. The summed E-state index contributed by atoms with van der Waals surface area (Å²) in [5.41, 5.74) is 3.96. The maximum absolute atomic E-state index is 13.5. The van der Waals surface area contributed by atoms with Gasteiger partial charge in [-0.05, 0) is 31.2 Å². The van der Waals surface area contributed by atoms with Crippen molar-refractivity contribution in [3.63, 3.8) is 0 Å². The Labute approximate surface area is 156 Å². The molecule has 146 valence electrons. The van der Waals surface area contributed by atoms with E-state index >= 15 is 0 Å². The molecule has 6 nitrogen and oxygen atoms in total. The Balaban J connectivity index is 2.14. The van der Waals surface area contributed by atoms with Crippen molar-refractivity contribution in [1.29, 1.82) is 0 Å². The summed E-state index contributed by atoms with van der Waals surface area (Å²) in [7, 11) is 0. The van der Waals surface area contributed by atoms with Gasteiger partial charge < -0.3 is 19.6 Å². The summed E-state index contributed by atoms with van der Waals surface area (Å²) < 4.78 is 55.4. The molecule has 0 amide bonds. The molecule has 3 rings (SSSR count). The molecule has 0 fully saturated rings. The summed E-state index contributed by atoms with van der Waals surface area (Å²) in [5.74, 6) is -3.43. The number of para-hydroxylation sites is 1. The highest BCUT2D eigenvalue weighted by atomic mass is 19.4. The van der Waals surface area contributed by atoms with Gasteiger partial charge in [-0.15, -0.1) is 0 Å². The Kier molecular flexibility index (Phi) is 5.10. The lowest BCUT2D eigenvalue weighted by molar-refractivity contribution is -0.154. The monoisotopic (exact) mass is 393 g/mol. The third-order valence-electron chi connectivity index (χ3n) is 3.63. The van der Waals surface area contributed by atoms with Crippen LogP contribution in [-0.4, -0.2) is 12.0 Å². The van der Waals surface area contributed by atoms with Gasteiger partial charge in [0.05, 0.1) is 5.39 Å². The topological polar surface area (TPSA) is 91.8 Å². The first-order valence-corrected chi connectivity index (χ1v) is 8.05. The lowest BCUT2D eigenvalue weighted by atomic mass is 10.2. The molecule has 0 spiro atoms. The van der Waals surface area contributed by atoms with Crippen molar-refractivity contribution in [2.45, 2.75) is 19.1 Å². The van der Waals surface area contributed by atoms with Crippen molar-refractivity contribution in [3.05, 3.63) is 64.5 Å². The van der Waals surface area contributed by atoms with Crippen LogP contribution in [0.4, 0.5) is 13.2 Å². The molecule has 0 radical (unpaired) electrons. The second-order valence-corrected chi connectivity index (χ2v) is 5.87. The van der Waals surface area contributed by atoms with Crippen LogP contribution in [0.5, 0.6) is 17.2 Å². The molecule has 0 aliphatic carbocycles. The molecule has 3 aromatic rings. The fourth-order valence-corrected chi connectivity index (χ4v) is 2.31. The molecule has 1 unspecified atom stereocenters. The number of halogens is 3. The van der Waals surface area contributed by atoms with Gasteiger partial charge in [0.25, 0.3) is 5.76 Å². The molecule has 2 aromatic carbocycles. The average molecular weight is 393 g/mol. The van der Waals surface area contributed by atoms with E-state index in [-0.39, 0.29) is 16.9 Å². The molecular formula is C19H14F3NO5. The van der Waals surface area contributed by atoms with Crippen molar-refractivity contribution >= 4 is 16.9 Å². The largest absolute Gasteiger partial charge is 0.453 e. The summed E-state index contributed by atoms with van der Waals surface area (Å²) in [6.07, 6.45) is -4.99. The van der Waals surface area contributed by atoms with Gasteiger partial charge in [-0.25, -0.2) is 4.79 Å². The van der Waals surface area contributed by atoms with Gasteiger partial charge in [-0.3, -0.25) is 4.79 Å². The van der Waals surface area contributed by atoms with E-state index in [1.807, 2.05) is 0 Å². The van der Waals surface area contributed by atoms with Crippen LogP contribution in [-0.2, 0) is 11.0 Å². The fourth-order valence-electron chi connectivity index (χ4n) is 2.31. The van der Waals surface area contributed by atoms with E-state index in [4.69, 9.17) is 19.6 Å². The molecule has 0 aliphatic rings. The summed E-state index contributed by atoms with van der Waals surface area (Å²) in [5, 5.41) is -0.167. The first-order valence-electron chi connectivity index (χ1n) is 8.05. The quantitative estimate of drug-likeness (QED) is 0.535. The van der Waals surface area contributed by atoms with Crippen molar-refractivity contribution in [3.8, 4) is 17.2 Å². The third kappa shape index (κ3) is 3.99. The van der Waals surface area contributed by atoms with Gasteiger partial charge in [0, 0.05) is 6.07 Å². The molecular weight excluding hydrogens is 379 g/mol. The van der Waals surface area contributed by atoms with E-state index < -0.39 is 40.7 Å². The minimum Gasteiger partial charge on any atom is -0.449 e. The SMILES string of the molecule is CC(N)C(=O)Oc1ccc2c(=O)c(Oc3ccccc3)c(C(F)(F)F)oc2c1. The maximum atomic E-state index is 13.5. The standard InChI is InChI=1S/C19H14F3NO5/c1-10(23)18(25)27-12-7-8-13-14(9-12)28-17(19(20,21)22)16(15(13)24)26-11-5-3-2-4-6-11/h2-10H,23H2,1H3. The van der Waals surface area contributed by atoms with Gasteiger partial charge in [-0.1, -0.05) is 18.2 Å². The van der Waals surface area contributed by atoms with Gasteiger partial charge in [0.1, 0.15) is 23.1 Å². The molecule has 0 saturated carbocycles. The number of alkyl halides is 3. The molecule has 28 heavy (non-hydrogen) atoms. The summed E-state index contributed by atoms with van der Waals surface area (Å²) in [6.45, 7) is 1.39. The number of esters is 1. The van der Waals surface area contributed by atoms with Crippen LogP contribution in [0.25, 0.3) is 11.0 Å².